The predicted molar refractivity (Wildman–Crippen MR) is 39.6 cm³/mol. The van der Waals surface area contributed by atoms with Crippen LogP contribution in [0.15, 0.2) is 22.7 Å². The molecule has 0 fully saturated rings. The molecule has 0 rings (SSSR count). The Hall–Kier alpha value is -0.270. The second-order valence-electron chi connectivity index (χ2n) is 1.28. The third-order valence-electron chi connectivity index (χ3n) is 0.631. The molecular weight excluding hydrogens is 159 g/mol. The second-order valence-corrected chi connectivity index (χ2v) is 1.97. The molecule has 0 atom stereocenters. The van der Waals surface area contributed by atoms with E-state index in [-0.39, 0.29) is 0 Å². The minimum Gasteiger partial charge on any atom is -0.303 e. The monoisotopic (exact) mass is 164 g/mol. The number of allylic oxidation sites excluding steroid dienone is 3. The quantitative estimate of drug-likeness (QED) is 0.463. The lowest BCUT2D eigenvalue weighted by Gasteiger charge is -1.81. The van der Waals surface area contributed by atoms with Gasteiger partial charge in [-0.25, -0.2) is 0 Å². The maximum absolute atomic E-state index is 9.75. The number of rotatable bonds is 3. The number of halogens is 2. The number of hydrogen-bond donors (Lipinski definition) is 0. The molecule has 0 aromatic carbocycles. The molecule has 0 unspecified atom stereocenters. The Morgan fingerprint density at radius 2 is 2.22 bits per heavy atom. The smallest absolute Gasteiger partial charge is 0.123 e. The lowest BCUT2D eigenvalue weighted by atomic mass is 10.4. The molecule has 9 heavy (non-hydrogen) atoms. The highest BCUT2D eigenvalue weighted by molar-refractivity contribution is 6.33. The standard InChI is InChI=1S/C6H6Cl2O/c7-4-3-6(8)2-1-5-9/h2-5H,1H2/b4-3?,6-2+. The molecular formula is C6H6Cl2O. The Kier molecular flexibility index (Phi) is 5.68. The molecule has 3 heteroatoms. The first-order chi connectivity index (χ1) is 4.31. The van der Waals surface area contributed by atoms with Gasteiger partial charge in [0.25, 0.3) is 0 Å². The van der Waals surface area contributed by atoms with Gasteiger partial charge < -0.3 is 4.79 Å². The Morgan fingerprint density at radius 1 is 1.56 bits per heavy atom. The van der Waals surface area contributed by atoms with Crippen molar-refractivity contribution in [1.29, 1.82) is 0 Å². The summed E-state index contributed by atoms with van der Waals surface area (Å²) in [5.74, 6) is 0. The average Bonchev–Trinajstić information content (AvgIpc) is 1.85. The van der Waals surface area contributed by atoms with Crippen LogP contribution in [-0.2, 0) is 4.79 Å². The lowest BCUT2D eigenvalue weighted by Crippen LogP contribution is -1.67. The van der Waals surface area contributed by atoms with Gasteiger partial charge in [-0.05, 0) is 6.08 Å². The summed E-state index contributed by atoms with van der Waals surface area (Å²) in [5, 5.41) is 0.483. The first-order valence-corrected chi connectivity index (χ1v) is 3.18. The fourth-order valence-electron chi connectivity index (χ4n) is 0.289. The van der Waals surface area contributed by atoms with Crippen molar-refractivity contribution in [3.05, 3.63) is 22.7 Å². The number of carbonyl (C=O) groups is 1. The molecule has 0 aliphatic heterocycles. The highest BCUT2D eigenvalue weighted by Crippen LogP contribution is 2.03. The summed E-state index contributed by atoms with van der Waals surface area (Å²) in [6.07, 6.45) is 4.19. The molecule has 0 saturated heterocycles. The zero-order valence-electron chi connectivity index (χ0n) is 4.68. The molecule has 0 N–H and O–H groups in total. The average molecular weight is 165 g/mol. The molecule has 0 aromatic heterocycles. The Balaban J connectivity index is 3.68. The van der Waals surface area contributed by atoms with E-state index in [1.165, 1.54) is 11.6 Å². The van der Waals surface area contributed by atoms with E-state index < -0.39 is 0 Å². The van der Waals surface area contributed by atoms with Crippen LogP contribution < -0.4 is 0 Å². The molecule has 0 amide bonds. The van der Waals surface area contributed by atoms with E-state index in [1.54, 1.807) is 6.08 Å². The van der Waals surface area contributed by atoms with Crippen molar-refractivity contribution in [3.8, 4) is 0 Å². The third kappa shape index (κ3) is 5.60. The molecule has 0 saturated carbocycles. The minimum absolute atomic E-state index is 0.333. The Morgan fingerprint density at radius 3 is 2.67 bits per heavy atom. The van der Waals surface area contributed by atoms with Gasteiger partial charge in [0.2, 0.25) is 0 Å². The summed E-state index contributed by atoms with van der Waals surface area (Å²) >= 11 is 10.7. The van der Waals surface area contributed by atoms with Gasteiger partial charge in [0.1, 0.15) is 6.29 Å². The number of hydrogen-bond acceptors (Lipinski definition) is 1. The SMILES string of the molecule is O=CC/C=C(/Cl)C=CCl. The van der Waals surface area contributed by atoms with E-state index in [1.807, 2.05) is 0 Å². The number of aldehydes is 1. The van der Waals surface area contributed by atoms with Gasteiger partial charge >= 0.3 is 0 Å². The highest BCUT2D eigenvalue weighted by Gasteiger charge is 1.80. The maximum Gasteiger partial charge on any atom is 0.123 e. The van der Waals surface area contributed by atoms with E-state index >= 15 is 0 Å². The van der Waals surface area contributed by atoms with E-state index in [9.17, 15) is 4.79 Å². The van der Waals surface area contributed by atoms with Gasteiger partial charge in [0.15, 0.2) is 0 Å². The van der Waals surface area contributed by atoms with Crippen LogP contribution in [0.1, 0.15) is 6.42 Å². The van der Waals surface area contributed by atoms with E-state index in [4.69, 9.17) is 23.2 Å². The second kappa shape index (κ2) is 5.86. The van der Waals surface area contributed by atoms with Crippen molar-refractivity contribution in [1.82, 2.24) is 0 Å². The van der Waals surface area contributed by atoms with E-state index in [0.29, 0.717) is 11.5 Å². The van der Waals surface area contributed by atoms with E-state index in [0.717, 1.165) is 6.29 Å². The summed E-state index contributed by atoms with van der Waals surface area (Å²) in [6.45, 7) is 0. The van der Waals surface area contributed by atoms with Gasteiger partial charge in [0, 0.05) is 17.0 Å². The zero-order valence-corrected chi connectivity index (χ0v) is 6.19. The lowest BCUT2D eigenvalue weighted by molar-refractivity contribution is -0.107. The predicted octanol–water partition coefficient (Wildman–Crippen LogP) is 2.45. The molecule has 0 aromatic rings. The summed E-state index contributed by atoms with van der Waals surface area (Å²) in [5.41, 5.74) is 1.30. The van der Waals surface area contributed by atoms with Crippen molar-refractivity contribution in [2.45, 2.75) is 6.42 Å². The summed E-state index contributed by atoms with van der Waals surface area (Å²) in [4.78, 5) is 9.75. The summed E-state index contributed by atoms with van der Waals surface area (Å²) in [6, 6.07) is 0. The largest absolute Gasteiger partial charge is 0.303 e. The molecule has 0 bridgehead atoms. The number of carbonyl (C=O) groups excluding carboxylic acids is 1. The normalized spacial score (nSPS) is 12.4. The van der Waals surface area contributed by atoms with Gasteiger partial charge in [-0.3, -0.25) is 0 Å². The van der Waals surface area contributed by atoms with Crippen LogP contribution in [0.3, 0.4) is 0 Å². The molecule has 50 valence electrons. The molecule has 1 nitrogen and oxygen atoms in total. The molecule has 0 aliphatic rings. The van der Waals surface area contributed by atoms with Crippen molar-refractivity contribution in [2.24, 2.45) is 0 Å². The first-order valence-electron chi connectivity index (χ1n) is 2.37. The van der Waals surface area contributed by atoms with Crippen LogP contribution in [0.2, 0.25) is 0 Å². The zero-order chi connectivity index (χ0) is 7.11. The van der Waals surface area contributed by atoms with Gasteiger partial charge in [0.05, 0.1) is 0 Å². The molecule has 0 aliphatic carbocycles. The molecule has 0 spiro atoms. The maximum atomic E-state index is 9.75. The van der Waals surface area contributed by atoms with Gasteiger partial charge in [-0.15, -0.1) is 0 Å². The third-order valence-corrected chi connectivity index (χ3v) is 1.04. The topological polar surface area (TPSA) is 17.1 Å². The fourth-order valence-corrected chi connectivity index (χ4v) is 0.641. The van der Waals surface area contributed by atoms with Crippen molar-refractivity contribution in [3.63, 3.8) is 0 Å². The summed E-state index contributed by atoms with van der Waals surface area (Å²) < 4.78 is 0. The molecule has 0 heterocycles. The van der Waals surface area contributed by atoms with Crippen molar-refractivity contribution in [2.75, 3.05) is 0 Å². The first kappa shape index (κ1) is 8.73. The fraction of sp³-hybridized carbons (Fsp3) is 0.167. The molecule has 0 radical (unpaired) electrons. The van der Waals surface area contributed by atoms with Crippen molar-refractivity contribution >= 4 is 29.5 Å². The van der Waals surface area contributed by atoms with Crippen LogP contribution >= 0.6 is 23.2 Å². The van der Waals surface area contributed by atoms with Crippen LogP contribution in [0.4, 0.5) is 0 Å². The van der Waals surface area contributed by atoms with Crippen LogP contribution in [-0.4, -0.2) is 6.29 Å². The van der Waals surface area contributed by atoms with Crippen LogP contribution in [0.25, 0.3) is 0 Å². The van der Waals surface area contributed by atoms with Gasteiger partial charge in [-0.2, -0.15) is 0 Å². The minimum atomic E-state index is 0.333. The van der Waals surface area contributed by atoms with Crippen molar-refractivity contribution < 1.29 is 4.79 Å². The Bertz CT molecular complexity index is 138. The van der Waals surface area contributed by atoms with Crippen LogP contribution in [0.5, 0.6) is 0 Å². The summed E-state index contributed by atoms with van der Waals surface area (Å²) in [7, 11) is 0. The van der Waals surface area contributed by atoms with Crippen LogP contribution in [0, 0.1) is 0 Å². The van der Waals surface area contributed by atoms with E-state index in [2.05, 4.69) is 0 Å². The Labute approximate surface area is 64.0 Å². The van der Waals surface area contributed by atoms with Gasteiger partial charge in [-0.1, -0.05) is 29.3 Å². The highest BCUT2D eigenvalue weighted by atomic mass is 35.5.